The standard InChI is InChI=1S/C13H16F3NO/c1-8(2)12(18)6-9-3-4-10(7-17)11(5-9)13(14,15)16/h3-5,8H,6-7,17H2,1-2H3. The molecule has 0 atom stereocenters. The van der Waals surface area contributed by atoms with Crippen molar-refractivity contribution in [3.8, 4) is 0 Å². The van der Waals surface area contributed by atoms with Crippen LogP contribution in [0.25, 0.3) is 0 Å². The number of carbonyl (C=O) groups excluding carboxylic acids is 1. The van der Waals surface area contributed by atoms with Gasteiger partial charge in [-0.05, 0) is 17.2 Å². The molecule has 0 unspecified atom stereocenters. The van der Waals surface area contributed by atoms with Gasteiger partial charge in [0, 0.05) is 18.9 Å². The third-order valence-electron chi connectivity index (χ3n) is 2.72. The van der Waals surface area contributed by atoms with Gasteiger partial charge in [0.2, 0.25) is 0 Å². The Morgan fingerprint density at radius 3 is 2.39 bits per heavy atom. The van der Waals surface area contributed by atoms with Crippen LogP contribution in [-0.2, 0) is 23.9 Å². The summed E-state index contributed by atoms with van der Waals surface area (Å²) in [5.41, 5.74) is 4.95. The molecule has 0 spiro atoms. The molecule has 0 saturated heterocycles. The lowest BCUT2D eigenvalue weighted by Crippen LogP contribution is -2.15. The molecule has 0 aliphatic heterocycles. The smallest absolute Gasteiger partial charge is 0.326 e. The first-order chi connectivity index (χ1) is 8.25. The minimum absolute atomic E-state index is 0.0194. The molecule has 2 N–H and O–H groups in total. The first-order valence-electron chi connectivity index (χ1n) is 5.67. The number of carbonyl (C=O) groups is 1. The zero-order valence-electron chi connectivity index (χ0n) is 10.3. The molecule has 0 fully saturated rings. The van der Waals surface area contributed by atoms with Crippen molar-refractivity contribution in [1.29, 1.82) is 0 Å². The predicted octanol–water partition coefficient (Wildman–Crippen LogP) is 2.93. The van der Waals surface area contributed by atoms with Crippen LogP contribution in [0.5, 0.6) is 0 Å². The van der Waals surface area contributed by atoms with E-state index in [4.69, 9.17) is 5.73 Å². The molecule has 0 amide bonds. The Balaban J connectivity index is 3.08. The van der Waals surface area contributed by atoms with Gasteiger partial charge in [0.05, 0.1) is 5.56 Å². The quantitative estimate of drug-likeness (QED) is 0.903. The van der Waals surface area contributed by atoms with Crippen LogP contribution in [0.1, 0.15) is 30.5 Å². The zero-order valence-corrected chi connectivity index (χ0v) is 10.3. The maximum absolute atomic E-state index is 12.8. The fourth-order valence-corrected chi connectivity index (χ4v) is 1.58. The molecule has 1 rings (SSSR count). The topological polar surface area (TPSA) is 43.1 Å². The summed E-state index contributed by atoms with van der Waals surface area (Å²) in [5, 5.41) is 0. The summed E-state index contributed by atoms with van der Waals surface area (Å²) < 4.78 is 38.3. The van der Waals surface area contributed by atoms with Crippen LogP contribution in [-0.4, -0.2) is 5.78 Å². The Kier molecular flexibility index (Phi) is 4.51. The molecule has 0 bridgehead atoms. The second-order valence-corrected chi connectivity index (χ2v) is 4.49. The minimum Gasteiger partial charge on any atom is -0.326 e. The van der Waals surface area contributed by atoms with Gasteiger partial charge in [0.15, 0.2) is 0 Å². The summed E-state index contributed by atoms with van der Waals surface area (Å²) >= 11 is 0. The van der Waals surface area contributed by atoms with Crippen molar-refractivity contribution < 1.29 is 18.0 Å². The number of alkyl halides is 3. The average Bonchev–Trinajstić information content (AvgIpc) is 2.27. The summed E-state index contributed by atoms with van der Waals surface area (Å²) in [6.07, 6.45) is -4.42. The number of benzene rings is 1. The maximum atomic E-state index is 12.8. The lowest BCUT2D eigenvalue weighted by atomic mass is 9.97. The lowest BCUT2D eigenvalue weighted by molar-refractivity contribution is -0.138. The molecular formula is C13H16F3NO. The van der Waals surface area contributed by atoms with Crippen molar-refractivity contribution in [3.63, 3.8) is 0 Å². The van der Waals surface area contributed by atoms with Crippen molar-refractivity contribution >= 4 is 5.78 Å². The number of rotatable bonds is 4. The molecule has 0 aliphatic rings. The molecule has 1 aromatic rings. The first-order valence-corrected chi connectivity index (χ1v) is 5.67. The van der Waals surface area contributed by atoms with Gasteiger partial charge < -0.3 is 5.73 Å². The number of Topliss-reactive ketones (excluding diaryl/α,β-unsaturated/α-hetero) is 1. The number of hydrogen-bond acceptors (Lipinski definition) is 2. The van der Waals surface area contributed by atoms with Gasteiger partial charge >= 0.3 is 6.18 Å². The van der Waals surface area contributed by atoms with E-state index in [1.165, 1.54) is 12.1 Å². The van der Waals surface area contributed by atoms with E-state index in [9.17, 15) is 18.0 Å². The summed E-state index contributed by atoms with van der Waals surface area (Å²) in [5.74, 6) is -0.267. The molecule has 18 heavy (non-hydrogen) atoms. The van der Waals surface area contributed by atoms with E-state index < -0.39 is 11.7 Å². The van der Waals surface area contributed by atoms with Crippen molar-refractivity contribution in [2.24, 2.45) is 11.7 Å². The number of nitrogens with two attached hydrogens (primary N) is 1. The predicted molar refractivity (Wildman–Crippen MR) is 62.9 cm³/mol. The van der Waals surface area contributed by atoms with E-state index in [1.54, 1.807) is 13.8 Å². The monoisotopic (exact) mass is 259 g/mol. The highest BCUT2D eigenvalue weighted by Gasteiger charge is 2.33. The van der Waals surface area contributed by atoms with Crippen molar-refractivity contribution in [2.45, 2.75) is 33.0 Å². The van der Waals surface area contributed by atoms with Gasteiger partial charge in [-0.15, -0.1) is 0 Å². The van der Waals surface area contributed by atoms with Crippen molar-refractivity contribution in [2.75, 3.05) is 0 Å². The van der Waals surface area contributed by atoms with Gasteiger partial charge in [0.25, 0.3) is 0 Å². The van der Waals surface area contributed by atoms with Gasteiger partial charge in [-0.2, -0.15) is 13.2 Å². The molecule has 2 nitrogen and oxygen atoms in total. The number of hydrogen-bond donors (Lipinski definition) is 1. The van der Waals surface area contributed by atoms with Crippen LogP contribution in [0.15, 0.2) is 18.2 Å². The molecular weight excluding hydrogens is 243 g/mol. The molecule has 1 aromatic carbocycles. The van der Waals surface area contributed by atoms with Crippen LogP contribution in [0.3, 0.4) is 0 Å². The Bertz CT molecular complexity index is 438. The summed E-state index contributed by atoms with van der Waals surface area (Å²) in [6.45, 7) is 3.27. The minimum atomic E-state index is -4.44. The van der Waals surface area contributed by atoms with Crippen LogP contribution in [0, 0.1) is 5.92 Å². The number of halogens is 3. The molecule has 0 radical (unpaired) electrons. The highest BCUT2D eigenvalue weighted by Crippen LogP contribution is 2.32. The highest BCUT2D eigenvalue weighted by atomic mass is 19.4. The highest BCUT2D eigenvalue weighted by molar-refractivity contribution is 5.82. The van der Waals surface area contributed by atoms with E-state index in [0.717, 1.165) is 6.07 Å². The largest absolute Gasteiger partial charge is 0.416 e. The molecule has 0 aromatic heterocycles. The van der Waals surface area contributed by atoms with Crippen LogP contribution in [0.4, 0.5) is 13.2 Å². The Hall–Kier alpha value is -1.36. The fourth-order valence-electron chi connectivity index (χ4n) is 1.58. The van der Waals surface area contributed by atoms with E-state index in [-0.39, 0.29) is 30.2 Å². The van der Waals surface area contributed by atoms with Gasteiger partial charge in [0.1, 0.15) is 5.78 Å². The van der Waals surface area contributed by atoms with Crippen LogP contribution >= 0.6 is 0 Å². The fraction of sp³-hybridized carbons (Fsp3) is 0.462. The van der Waals surface area contributed by atoms with Crippen LogP contribution < -0.4 is 5.73 Å². The van der Waals surface area contributed by atoms with Gasteiger partial charge in [-0.3, -0.25) is 4.79 Å². The summed E-state index contributed by atoms with van der Waals surface area (Å²) in [7, 11) is 0. The molecule has 0 aliphatic carbocycles. The first kappa shape index (κ1) is 14.7. The lowest BCUT2D eigenvalue weighted by Gasteiger charge is -2.13. The summed E-state index contributed by atoms with van der Waals surface area (Å²) in [4.78, 5) is 11.5. The summed E-state index contributed by atoms with van der Waals surface area (Å²) in [6, 6.07) is 3.88. The third-order valence-corrected chi connectivity index (χ3v) is 2.72. The van der Waals surface area contributed by atoms with Crippen molar-refractivity contribution in [3.05, 3.63) is 34.9 Å². The Morgan fingerprint density at radius 2 is 1.94 bits per heavy atom. The van der Waals surface area contributed by atoms with E-state index in [0.29, 0.717) is 5.56 Å². The maximum Gasteiger partial charge on any atom is 0.416 e. The Labute approximate surface area is 104 Å². The van der Waals surface area contributed by atoms with Crippen LogP contribution in [0.2, 0.25) is 0 Å². The number of ketones is 1. The Morgan fingerprint density at radius 1 is 1.33 bits per heavy atom. The van der Waals surface area contributed by atoms with E-state index in [1.807, 2.05) is 0 Å². The average molecular weight is 259 g/mol. The zero-order chi connectivity index (χ0) is 13.9. The SMILES string of the molecule is CC(C)C(=O)Cc1ccc(CN)c(C(F)(F)F)c1. The molecule has 0 saturated carbocycles. The van der Waals surface area contributed by atoms with E-state index >= 15 is 0 Å². The molecule has 100 valence electrons. The normalized spacial score (nSPS) is 11.9. The van der Waals surface area contributed by atoms with Gasteiger partial charge in [-0.25, -0.2) is 0 Å². The third kappa shape index (κ3) is 3.57. The van der Waals surface area contributed by atoms with E-state index in [2.05, 4.69) is 0 Å². The molecule has 5 heteroatoms. The molecule has 0 heterocycles. The van der Waals surface area contributed by atoms with Gasteiger partial charge in [-0.1, -0.05) is 26.0 Å². The van der Waals surface area contributed by atoms with Crippen molar-refractivity contribution in [1.82, 2.24) is 0 Å². The second-order valence-electron chi connectivity index (χ2n) is 4.49. The second kappa shape index (κ2) is 5.52.